The second-order valence-corrected chi connectivity index (χ2v) is 4.92. The standard InChI is InChI=1S/C14H22N2O/c1-11-4-6-12(7-5-11)9-13(16-15)10-14-3-2-8-17-14/h4-7,13-14,16H,2-3,8-10,15H2,1H3. The molecule has 1 aromatic rings. The largest absolute Gasteiger partial charge is 0.378 e. The first-order valence-electron chi connectivity index (χ1n) is 6.41. The Kier molecular flexibility index (Phi) is 4.54. The maximum absolute atomic E-state index is 5.65. The molecule has 0 saturated carbocycles. The third kappa shape index (κ3) is 3.80. The fourth-order valence-corrected chi connectivity index (χ4v) is 2.37. The van der Waals surface area contributed by atoms with Crippen LogP contribution in [0.3, 0.4) is 0 Å². The van der Waals surface area contributed by atoms with Gasteiger partial charge in [0.2, 0.25) is 0 Å². The summed E-state index contributed by atoms with van der Waals surface area (Å²) in [6.07, 6.45) is 4.72. The Bertz CT molecular complexity index is 331. The second-order valence-electron chi connectivity index (χ2n) is 4.92. The highest BCUT2D eigenvalue weighted by Crippen LogP contribution is 2.18. The summed E-state index contributed by atoms with van der Waals surface area (Å²) in [6.45, 7) is 3.02. The molecule has 1 aliphatic heterocycles. The molecule has 17 heavy (non-hydrogen) atoms. The van der Waals surface area contributed by atoms with E-state index in [1.165, 1.54) is 24.0 Å². The fraction of sp³-hybridized carbons (Fsp3) is 0.571. The van der Waals surface area contributed by atoms with E-state index in [-0.39, 0.29) is 0 Å². The summed E-state index contributed by atoms with van der Waals surface area (Å²) in [7, 11) is 0. The highest BCUT2D eigenvalue weighted by molar-refractivity contribution is 5.22. The molecule has 1 fully saturated rings. The van der Waals surface area contributed by atoms with Gasteiger partial charge in [0.05, 0.1) is 6.10 Å². The van der Waals surface area contributed by atoms with Gasteiger partial charge in [0.1, 0.15) is 0 Å². The van der Waals surface area contributed by atoms with Crippen LogP contribution in [0.2, 0.25) is 0 Å². The van der Waals surface area contributed by atoms with E-state index in [2.05, 4.69) is 36.6 Å². The van der Waals surface area contributed by atoms with Crippen molar-refractivity contribution in [2.45, 2.75) is 44.8 Å². The summed E-state index contributed by atoms with van der Waals surface area (Å²) in [5, 5.41) is 0. The second kappa shape index (κ2) is 6.15. The van der Waals surface area contributed by atoms with Crippen LogP contribution in [0.1, 0.15) is 30.4 Å². The number of nitrogens with one attached hydrogen (secondary N) is 1. The van der Waals surface area contributed by atoms with Crippen LogP contribution in [0.5, 0.6) is 0 Å². The minimum Gasteiger partial charge on any atom is -0.378 e. The van der Waals surface area contributed by atoms with Crippen LogP contribution in [0.15, 0.2) is 24.3 Å². The molecule has 1 heterocycles. The number of hydrogen-bond donors (Lipinski definition) is 2. The predicted octanol–water partition coefficient (Wildman–Crippen LogP) is 1.94. The van der Waals surface area contributed by atoms with Gasteiger partial charge in [-0.25, -0.2) is 0 Å². The summed E-state index contributed by atoms with van der Waals surface area (Å²) in [6, 6.07) is 8.95. The van der Waals surface area contributed by atoms with Crippen LogP contribution < -0.4 is 11.3 Å². The Balaban J connectivity index is 1.87. The number of ether oxygens (including phenoxy) is 1. The molecule has 0 aromatic heterocycles. The Morgan fingerprint density at radius 2 is 2.18 bits per heavy atom. The molecule has 3 heteroatoms. The van der Waals surface area contributed by atoms with Crippen LogP contribution in [0, 0.1) is 6.92 Å². The lowest BCUT2D eigenvalue weighted by Gasteiger charge is -2.19. The highest BCUT2D eigenvalue weighted by atomic mass is 16.5. The molecule has 0 bridgehead atoms. The molecule has 3 N–H and O–H groups in total. The Morgan fingerprint density at radius 3 is 2.76 bits per heavy atom. The van der Waals surface area contributed by atoms with Crippen molar-refractivity contribution >= 4 is 0 Å². The van der Waals surface area contributed by atoms with Crippen molar-refractivity contribution in [1.82, 2.24) is 5.43 Å². The third-order valence-corrected chi connectivity index (χ3v) is 3.41. The van der Waals surface area contributed by atoms with Crippen molar-refractivity contribution in [2.75, 3.05) is 6.61 Å². The smallest absolute Gasteiger partial charge is 0.0591 e. The molecular weight excluding hydrogens is 212 g/mol. The first kappa shape index (κ1) is 12.6. The van der Waals surface area contributed by atoms with E-state index in [1.807, 2.05) is 0 Å². The lowest BCUT2D eigenvalue weighted by atomic mass is 9.99. The van der Waals surface area contributed by atoms with Crippen molar-refractivity contribution in [3.63, 3.8) is 0 Å². The van der Waals surface area contributed by atoms with E-state index >= 15 is 0 Å². The molecule has 0 spiro atoms. The maximum atomic E-state index is 5.65. The molecule has 2 atom stereocenters. The lowest BCUT2D eigenvalue weighted by Crippen LogP contribution is -2.39. The van der Waals surface area contributed by atoms with Gasteiger partial charge >= 0.3 is 0 Å². The van der Waals surface area contributed by atoms with Crippen molar-refractivity contribution in [1.29, 1.82) is 0 Å². The topological polar surface area (TPSA) is 47.3 Å². The summed E-state index contributed by atoms with van der Waals surface area (Å²) < 4.78 is 5.65. The molecule has 0 radical (unpaired) electrons. The van der Waals surface area contributed by atoms with Gasteiger partial charge in [0.15, 0.2) is 0 Å². The molecule has 1 aromatic carbocycles. The minimum absolute atomic E-state index is 0.306. The molecule has 94 valence electrons. The SMILES string of the molecule is Cc1ccc(CC(CC2CCCO2)NN)cc1. The Labute approximate surface area is 103 Å². The molecule has 3 nitrogen and oxygen atoms in total. The predicted molar refractivity (Wildman–Crippen MR) is 69.6 cm³/mol. The molecule has 0 aliphatic carbocycles. The van der Waals surface area contributed by atoms with Crippen LogP contribution >= 0.6 is 0 Å². The zero-order valence-corrected chi connectivity index (χ0v) is 10.5. The van der Waals surface area contributed by atoms with Gasteiger partial charge in [-0.1, -0.05) is 29.8 Å². The number of hydrogen-bond acceptors (Lipinski definition) is 3. The van der Waals surface area contributed by atoms with Crippen LogP contribution in [0.25, 0.3) is 0 Å². The molecular formula is C14H22N2O. The first-order chi connectivity index (χ1) is 8.28. The van der Waals surface area contributed by atoms with E-state index < -0.39 is 0 Å². The van der Waals surface area contributed by atoms with E-state index in [1.54, 1.807) is 0 Å². The van der Waals surface area contributed by atoms with Crippen molar-refractivity contribution < 1.29 is 4.74 Å². The van der Waals surface area contributed by atoms with Gasteiger partial charge in [-0.2, -0.15) is 0 Å². The van der Waals surface area contributed by atoms with Gasteiger partial charge in [-0.3, -0.25) is 11.3 Å². The number of nitrogens with two attached hydrogens (primary N) is 1. The highest BCUT2D eigenvalue weighted by Gasteiger charge is 2.20. The van der Waals surface area contributed by atoms with Crippen molar-refractivity contribution in [3.8, 4) is 0 Å². The first-order valence-corrected chi connectivity index (χ1v) is 6.41. The van der Waals surface area contributed by atoms with Crippen molar-refractivity contribution in [2.24, 2.45) is 5.84 Å². The zero-order valence-electron chi connectivity index (χ0n) is 10.5. The average molecular weight is 234 g/mol. The van der Waals surface area contributed by atoms with E-state index in [0.717, 1.165) is 19.4 Å². The summed E-state index contributed by atoms with van der Waals surface area (Å²) in [4.78, 5) is 0. The zero-order chi connectivity index (χ0) is 12.1. The normalized spacial score (nSPS) is 21.6. The lowest BCUT2D eigenvalue weighted by molar-refractivity contribution is 0.0946. The maximum Gasteiger partial charge on any atom is 0.0591 e. The van der Waals surface area contributed by atoms with Crippen LogP contribution in [0.4, 0.5) is 0 Å². The number of rotatable bonds is 5. The number of hydrazine groups is 1. The van der Waals surface area contributed by atoms with Gasteiger partial charge in [-0.05, 0) is 38.2 Å². The monoisotopic (exact) mass is 234 g/mol. The van der Waals surface area contributed by atoms with Gasteiger partial charge in [0, 0.05) is 12.6 Å². The molecule has 2 unspecified atom stereocenters. The Morgan fingerprint density at radius 1 is 1.41 bits per heavy atom. The summed E-state index contributed by atoms with van der Waals surface area (Å²) >= 11 is 0. The molecule has 0 amide bonds. The van der Waals surface area contributed by atoms with Crippen LogP contribution in [-0.2, 0) is 11.2 Å². The fourth-order valence-electron chi connectivity index (χ4n) is 2.37. The van der Waals surface area contributed by atoms with E-state index in [9.17, 15) is 0 Å². The number of benzene rings is 1. The van der Waals surface area contributed by atoms with Crippen LogP contribution in [-0.4, -0.2) is 18.8 Å². The Hall–Kier alpha value is -0.900. The van der Waals surface area contributed by atoms with Crippen molar-refractivity contribution in [3.05, 3.63) is 35.4 Å². The average Bonchev–Trinajstić information content (AvgIpc) is 2.84. The van der Waals surface area contributed by atoms with E-state index in [4.69, 9.17) is 10.6 Å². The van der Waals surface area contributed by atoms with Gasteiger partial charge in [0.25, 0.3) is 0 Å². The summed E-state index contributed by atoms with van der Waals surface area (Å²) in [5.74, 6) is 5.62. The summed E-state index contributed by atoms with van der Waals surface area (Å²) in [5.41, 5.74) is 5.54. The number of aryl methyl sites for hydroxylation is 1. The van der Waals surface area contributed by atoms with Gasteiger partial charge in [-0.15, -0.1) is 0 Å². The van der Waals surface area contributed by atoms with E-state index in [0.29, 0.717) is 12.1 Å². The molecule has 2 rings (SSSR count). The molecule has 1 aliphatic rings. The third-order valence-electron chi connectivity index (χ3n) is 3.41. The van der Waals surface area contributed by atoms with Gasteiger partial charge < -0.3 is 4.74 Å². The molecule has 1 saturated heterocycles. The minimum atomic E-state index is 0.306. The quantitative estimate of drug-likeness (QED) is 0.604.